The Kier molecular flexibility index (Phi) is 7.06. The van der Waals surface area contributed by atoms with Crippen molar-refractivity contribution in [2.45, 2.75) is 39.7 Å². The van der Waals surface area contributed by atoms with E-state index in [2.05, 4.69) is 0 Å². The van der Waals surface area contributed by atoms with Crippen LogP contribution in [0.25, 0.3) is 0 Å². The first-order valence-corrected chi connectivity index (χ1v) is 9.72. The van der Waals surface area contributed by atoms with E-state index in [-0.39, 0.29) is 29.4 Å². The maximum absolute atomic E-state index is 12.7. The predicted molar refractivity (Wildman–Crippen MR) is 92.6 cm³/mol. The highest BCUT2D eigenvalue weighted by Crippen LogP contribution is 2.22. The average Bonchev–Trinajstić information content (AvgIpc) is 2.54. The minimum absolute atomic E-state index is 0.00157. The Labute approximate surface area is 139 Å². The second-order valence-corrected chi connectivity index (χ2v) is 8.06. The number of hydrogen-bond donors (Lipinski definition) is 0. The van der Waals surface area contributed by atoms with Gasteiger partial charge in [-0.1, -0.05) is 19.1 Å². The van der Waals surface area contributed by atoms with Crippen molar-refractivity contribution in [3.05, 3.63) is 29.8 Å². The minimum Gasteiger partial charge on any atom is -0.497 e. The lowest BCUT2D eigenvalue weighted by Crippen LogP contribution is -2.44. The maximum Gasteiger partial charge on any atom is 0.230 e. The summed E-state index contributed by atoms with van der Waals surface area (Å²) in [5.41, 5.74) is 0.889. The van der Waals surface area contributed by atoms with E-state index in [1.54, 1.807) is 25.9 Å². The Balaban J connectivity index is 2.89. The number of amides is 1. The van der Waals surface area contributed by atoms with Crippen LogP contribution in [0.4, 0.5) is 0 Å². The number of likely N-dealkylation sites (N-methyl/N-ethyl adjacent to an activating group) is 1. The highest BCUT2D eigenvalue weighted by atomic mass is 32.2. The fourth-order valence-electron chi connectivity index (χ4n) is 2.54. The van der Waals surface area contributed by atoms with Crippen molar-refractivity contribution in [3.8, 4) is 5.75 Å². The number of carbonyl (C=O) groups is 1. The van der Waals surface area contributed by atoms with E-state index < -0.39 is 9.84 Å². The van der Waals surface area contributed by atoms with E-state index in [1.807, 2.05) is 38.1 Å². The molecule has 0 aliphatic heterocycles. The first kappa shape index (κ1) is 19.5. The van der Waals surface area contributed by atoms with Crippen LogP contribution in [0.5, 0.6) is 5.75 Å². The summed E-state index contributed by atoms with van der Waals surface area (Å²) in [5.74, 6) is 0.447. The summed E-state index contributed by atoms with van der Waals surface area (Å²) in [7, 11) is -1.52. The van der Waals surface area contributed by atoms with Crippen LogP contribution in [0.3, 0.4) is 0 Å². The van der Waals surface area contributed by atoms with Gasteiger partial charge in [-0.2, -0.15) is 0 Å². The van der Waals surface area contributed by atoms with Gasteiger partial charge in [0.1, 0.15) is 5.75 Å². The van der Waals surface area contributed by atoms with Crippen LogP contribution in [0.2, 0.25) is 0 Å². The van der Waals surface area contributed by atoms with E-state index in [0.717, 1.165) is 11.3 Å². The Morgan fingerprint density at radius 1 is 1.17 bits per heavy atom. The van der Waals surface area contributed by atoms with E-state index in [0.29, 0.717) is 6.54 Å². The van der Waals surface area contributed by atoms with Gasteiger partial charge in [-0.15, -0.1) is 0 Å². The van der Waals surface area contributed by atoms with Gasteiger partial charge >= 0.3 is 0 Å². The molecule has 23 heavy (non-hydrogen) atoms. The van der Waals surface area contributed by atoms with Crippen molar-refractivity contribution in [3.63, 3.8) is 0 Å². The largest absolute Gasteiger partial charge is 0.497 e. The minimum atomic E-state index is -3.12. The van der Waals surface area contributed by atoms with Gasteiger partial charge in [0.15, 0.2) is 9.84 Å². The van der Waals surface area contributed by atoms with Gasteiger partial charge in [0.2, 0.25) is 5.91 Å². The number of carbonyl (C=O) groups excluding carboxylic acids is 1. The number of methoxy groups -OCH3 is 1. The molecule has 0 radical (unpaired) electrons. The molecule has 5 nitrogen and oxygen atoms in total. The SMILES string of the molecule is CCN(C(=O)C(C)c1ccc(OC)cc1)C(C)CS(=O)(=O)CC. The fraction of sp³-hybridized carbons (Fsp3) is 0.588. The van der Waals surface area contributed by atoms with Gasteiger partial charge < -0.3 is 9.64 Å². The quantitative estimate of drug-likeness (QED) is 0.729. The summed E-state index contributed by atoms with van der Waals surface area (Å²) in [6.45, 7) is 7.61. The zero-order valence-electron chi connectivity index (χ0n) is 14.6. The molecule has 2 atom stereocenters. The predicted octanol–water partition coefficient (Wildman–Crippen LogP) is 2.47. The Hall–Kier alpha value is -1.56. The normalized spacial score (nSPS) is 14.1. The maximum atomic E-state index is 12.7. The van der Waals surface area contributed by atoms with Crippen molar-refractivity contribution in [2.75, 3.05) is 25.2 Å². The van der Waals surface area contributed by atoms with Gasteiger partial charge in [0.25, 0.3) is 0 Å². The molecule has 2 unspecified atom stereocenters. The molecule has 0 aliphatic carbocycles. The lowest BCUT2D eigenvalue weighted by atomic mass is 9.99. The molecule has 0 fully saturated rings. The summed E-state index contributed by atoms with van der Waals surface area (Å²) in [4.78, 5) is 14.4. The summed E-state index contributed by atoms with van der Waals surface area (Å²) in [5, 5.41) is 0. The number of sulfone groups is 1. The second-order valence-electron chi connectivity index (χ2n) is 5.67. The molecule has 1 aromatic carbocycles. The molecule has 0 heterocycles. The van der Waals surface area contributed by atoms with E-state index >= 15 is 0 Å². The highest BCUT2D eigenvalue weighted by Gasteiger charge is 2.27. The third-order valence-corrected chi connectivity index (χ3v) is 5.95. The van der Waals surface area contributed by atoms with E-state index in [4.69, 9.17) is 4.74 Å². The topological polar surface area (TPSA) is 63.7 Å². The van der Waals surface area contributed by atoms with Gasteiger partial charge in [-0.25, -0.2) is 8.42 Å². The van der Waals surface area contributed by atoms with E-state index in [1.165, 1.54) is 0 Å². The molecule has 0 N–H and O–H groups in total. The smallest absolute Gasteiger partial charge is 0.230 e. The molecular formula is C17H27NO4S. The van der Waals surface area contributed by atoms with E-state index in [9.17, 15) is 13.2 Å². The molecule has 0 bridgehead atoms. The average molecular weight is 341 g/mol. The van der Waals surface area contributed by atoms with Crippen LogP contribution in [0.1, 0.15) is 39.2 Å². The van der Waals surface area contributed by atoms with Crippen molar-refractivity contribution in [1.29, 1.82) is 0 Å². The Morgan fingerprint density at radius 3 is 2.17 bits per heavy atom. The van der Waals surface area contributed by atoms with Gasteiger partial charge in [-0.05, 0) is 38.5 Å². The lowest BCUT2D eigenvalue weighted by molar-refractivity contribution is -0.133. The van der Waals surface area contributed by atoms with Crippen LogP contribution in [-0.2, 0) is 14.6 Å². The first-order valence-electron chi connectivity index (χ1n) is 7.90. The zero-order valence-corrected chi connectivity index (χ0v) is 15.4. The first-order chi connectivity index (χ1) is 10.8. The van der Waals surface area contributed by atoms with Crippen molar-refractivity contribution < 1.29 is 17.9 Å². The molecule has 1 rings (SSSR count). The standard InChI is InChI=1S/C17H27NO4S/c1-6-18(13(3)12-23(20,21)7-2)17(19)14(4)15-8-10-16(22-5)11-9-15/h8-11,13-14H,6-7,12H2,1-5H3. The molecule has 0 saturated heterocycles. The van der Waals surface area contributed by atoms with Crippen molar-refractivity contribution >= 4 is 15.7 Å². The fourth-order valence-corrected chi connectivity index (χ4v) is 3.69. The molecule has 0 aromatic heterocycles. The molecule has 0 saturated carbocycles. The molecule has 1 aromatic rings. The number of ether oxygens (including phenoxy) is 1. The van der Waals surface area contributed by atoms with Crippen LogP contribution in [-0.4, -0.2) is 50.4 Å². The summed E-state index contributed by atoms with van der Waals surface area (Å²) < 4.78 is 28.7. The van der Waals surface area contributed by atoms with Crippen molar-refractivity contribution in [2.24, 2.45) is 0 Å². The molecular weight excluding hydrogens is 314 g/mol. The molecule has 130 valence electrons. The second kappa shape index (κ2) is 8.34. The Morgan fingerprint density at radius 2 is 1.74 bits per heavy atom. The lowest BCUT2D eigenvalue weighted by Gasteiger charge is -2.30. The van der Waals surface area contributed by atoms with Crippen LogP contribution < -0.4 is 4.74 Å². The third-order valence-electron chi connectivity index (χ3n) is 4.08. The third kappa shape index (κ3) is 5.23. The van der Waals surface area contributed by atoms with Crippen molar-refractivity contribution in [1.82, 2.24) is 4.90 Å². The Bertz CT molecular complexity index is 610. The summed E-state index contributed by atoms with van der Waals surface area (Å²) in [6, 6.07) is 7.03. The molecule has 6 heteroatoms. The number of nitrogens with zero attached hydrogens (tertiary/aromatic N) is 1. The molecule has 0 spiro atoms. The molecule has 1 amide bonds. The van der Waals surface area contributed by atoms with Crippen LogP contribution >= 0.6 is 0 Å². The monoisotopic (exact) mass is 341 g/mol. The number of benzene rings is 1. The summed E-state index contributed by atoms with van der Waals surface area (Å²) >= 11 is 0. The summed E-state index contributed by atoms with van der Waals surface area (Å²) in [6.07, 6.45) is 0. The zero-order chi connectivity index (χ0) is 17.6. The van der Waals surface area contributed by atoms with Gasteiger partial charge in [0, 0.05) is 18.3 Å². The van der Waals surface area contributed by atoms with Crippen LogP contribution in [0, 0.1) is 0 Å². The highest BCUT2D eigenvalue weighted by molar-refractivity contribution is 7.91. The number of rotatable bonds is 8. The molecule has 0 aliphatic rings. The number of hydrogen-bond acceptors (Lipinski definition) is 4. The van der Waals surface area contributed by atoms with Crippen LogP contribution in [0.15, 0.2) is 24.3 Å². The van der Waals surface area contributed by atoms with Gasteiger partial charge in [0.05, 0.1) is 18.8 Å². The van der Waals surface area contributed by atoms with Gasteiger partial charge in [-0.3, -0.25) is 4.79 Å².